The van der Waals surface area contributed by atoms with Gasteiger partial charge in [0, 0.05) is 36.6 Å². The Balaban J connectivity index is 1.37. The van der Waals surface area contributed by atoms with Crippen LogP contribution in [0.5, 0.6) is 5.75 Å². The minimum absolute atomic E-state index is 0.0771. The van der Waals surface area contributed by atoms with Gasteiger partial charge in [-0.15, -0.1) is 11.3 Å². The number of amides is 1. The second kappa shape index (κ2) is 8.11. The van der Waals surface area contributed by atoms with Gasteiger partial charge < -0.3 is 14.5 Å². The average molecular weight is 437 g/mol. The van der Waals surface area contributed by atoms with Crippen molar-refractivity contribution in [2.24, 2.45) is 5.92 Å². The van der Waals surface area contributed by atoms with E-state index in [1.807, 2.05) is 47.4 Å². The number of methoxy groups -OCH3 is 1. The molecule has 1 saturated heterocycles. The van der Waals surface area contributed by atoms with Crippen molar-refractivity contribution in [3.05, 3.63) is 46.1 Å². The molecule has 1 fully saturated rings. The third kappa shape index (κ3) is 3.76. The summed E-state index contributed by atoms with van der Waals surface area (Å²) in [5.74, 6) is 3.47. The summed E-state index contributed by atoms with van der Waals surface area (Å²) in [6.45, 7) is 7.28. The largest absolute Gasteiger partial charge is 0.497 e. The van der Waals surface area contributed by atoms with Crippen LogP contribution in [0.2, 0.25) is 0 Å². The van der Waals surface area contributed by atoms with Gasteiger partial charge in [-0.05, 0) is 61.9 Å². The van der Waals surface area contributed by atoms with Crippen LogP contribution in [0.4, 0.5) is 5.82 Å². The Labute approximate surface area is 186 Å². The average Bonchev–Trinajstić information content (AvgIpc) is 3.15. The standard InChI is InChI=1S/C24H28N4O2S/c1-15-4-9-19-20(14-15)31-23-21(19)22(25-16(2)26-23)27-10-12-28(13-11-27)24(29)17-5-7-18(30-3)8-6-17/h5-8,15H,4,9-14H2,1-3H3/t15-/m1/s1. The molecule has 1 aliphatic heterocycles. The molecule has 7 heteroatoms. The van der Waals surface area contributed by atoms with Gasteiger partial charge in [0.15, 0.2) is 0 Å². The van der Waals surface area contributed by atoms with E-state index in [4.69, 9.17) is 14.7 Å². The van der Waals surface area contributed by atoms with E-state index < -0.39 is 0 Å². The predicted octanol–water partition coefficient (Wildman–Crippen LogP) is 4.10. The zero-order chi connectivity index (χ0) is 21.5. The lowest BCUT2D eigenvalue weighted by Crippen LogP contribution is -2.49. The van der Waals surface area contributed by atoms with Gasteiger partial charge in [-0.1, -0.05) is 6.92 Å². The van der Waals surface area contributed by atoms with Gasteiger partial charge in [0.2, 0.25) is 0 Å². The number of hydrogen-bond acceptors (Lipinski definition) is 6. The maximum atomic E-state index is 12.9. The second-order valence-electron chi connectivity index (χ2n) is 8.63. The van der Waals surface area contributed by atoms with Crippen molar-refractivity contribution in [1.82, 2.24) is 14.9 Å². The van der Waals surface area contributed by atoms with E-state index in [2.05, 4.69) is 11.8 Å². The van der Waals surface area contributed by atoms with Gasteiger partial charge in [-0.3, -0.25) is 4.79 Å². The molecule has 31 heavy (non-hydrogen) atoms. The molecule has 2 aromatic heterocycles. The molecule has 0 spiro atoms. The number of ether oxygens (including phenoxy) is 1. The zero-order valence-electron chi connectivity index (χ0n) is 18.4. The third-order valence-electron chi connectivity index (χ3n) is 6.45. The minimum Gasteiger partial charge on any atom is -0.497 e. The first kappa shape index (κ1) is 20.2. The number of benzene rings is 1. The highest BCUT2D eigenvalue weighted by Crippen LogP contribution is 2.41. The number of carbonyl (C=O) groups excluding carboxylic acids is 1. The Morgan fingerprint density at radius 2 is 1.87 bits per heavy atom. The van der Waals surface area contributed by atoms with Crippen LogP contribution < -0.4 is 9.64 Å². The molecule has 0 saturated carbocycles. The second-order valence-corrected chi connectivity index (χ2v) is 9.72. The third-order valence-corrected chi connectivity index (χ3v) is 7.60. The highest BCUT2D eigenvalue weighted by molar-refractivity contribution is 7.19. The number of thiophene rings is 1. The Hall–Kier alpha value is -2.67. The quantitative estimate of drug-likeness (QED) is 0.619. The highest BCUT2D eigenvalue weighted by atomic mass is 32.1. The van der Waals surface area contributed by atoms with Crippen molar-refractivity contribution >= 4 is 33.3 Å². The number of rotatable bonds is 3. The maximum absolute atomic E-state index is 12.9. The lowest BCUT2D eigenvalue weighted by Gasteiger charge is -2.36. The van der Waals surface area contributed by atoms with Crippen molar-refractivity contribution in [1.29, 1.82) is 0 Å². The lowest BCUT2D eigenvalue weighted by molar-refractivity contribution is 0.0746. The van der Waals surface area contributed by atoms with E-state index in [0.29, 0.717) is 18.7 Å². The van der Waals surface area contributed by atoms with Crippen molar-refractivity contribution in [3.63, 3.8) is 0 Å². The van der Waals surface area contributed by atoms with Crippen LogP contribution >= 0.6 is 11.3 Å². The summed E-state index contributed by atoms with van der Waals surface area (Å²) in [5.41, 5.74) is 2.17. The van der Waals surface area contributed by atoms with E-state index in [1.54, 1.807) is 7.11 Å². The number of piperazine rings is 1. The van der Waals surface area contributed by atoms with Gasteiger partial charge >= 0.3 is 0 Å². The van der Waals surface area contributed by atoms with Crippen LogP contribution in [-0.2, 0) is 12.8 Å². The van der Waals surface area contributed by atoms with Crippen LogP contribution in [0.3, 0.4) is 0 Å². The monoisotopic (exact) mass is 436 g/mol. The maximum Gasteiger partial charge on any atom is 0.253 e. The molecule has 0 radical (unpaired) electrons. The topological polar surface area (TPSA) is 58.6 Å². The summed E-state index contributed by atoms with van der Waals surface area (Å²) < 4.78 is 5.20. The number of aryl methyl sites for hydroxylation is 2. The summed E-state index contributed by atoms with van der Waals surface area (Å²) in [5, 5.41) is 1.26. The first-order valence-corrected chi connectivity index (χ1v) is 11.8. The fourth-order valence-electron chi connectivity index (χ4n) is 4.69. The molecule has 1 aliphatic carbocycles. The van der Waals surface area contributed by atoms with Crippen LogP contribution in [0.1, 0.15) is 40.0 Å². The Morgan fingerprint density at radius 1 is 1.13 bits per heavy atom. The lowest BCUT2D eigenvalue weighted by atomic mass is 9.89. The molecule has 0 unspecified atom stereocenters. The Bertz CT molecular complexity index is 1120. The molecule has 1 atom stereocenters. The molecule has 3 heterocycles. The summed E-state index contributed by atoms with van der Waals surface area (Å²) >= 11 is 1.85. The van der Waals surface area contributed by atoms with Crippen LogP contribution in [0.25, 0.3) is 10.2 Å². The molecule has 0 bridgehead atoms. The van der Waals surface area contributed by atoms with E-state index in [-0.39, 0.29) is 5.91 Å². The van der Waals surface area contributed by atoms with E-state index in [1.165, 1.54) is 22.2 Å². The first-order chi connectivity index (χ1) is 15.0. The predicted molar refractivity (Wildman–Crippen MR) is 124 cm³/mol. The van der Waals surface area contributed by atoms with Crippen LogP contribution in [0.15, 0.2) is 24.3 Å². The van der Waals surface area contributed by atoms with E-state index in [9.17, 15) is 4.79 Å². The SMILES string of the molecule is COc1ccc(C(=O)N2CCN(c3nc(C)nc4sc5c(c34)CC[C@@H](C)C5)CC2)cc1. The van der Waals surface area contributed by atoms with Gasteiger partial charge in [0.1, 0.15) is 22.2 Å². The first-order valence-electron chi connectivity index (χ1n) is 11.0. The van der Waals surface area contributed by atoms with Crippen molar-refractivity contribution in [2.75, 3.05) is 38.2 Å². The van der Waals surface area contributed by atoms with Crippen LogP contribution in [0, 0.1) is 12.8 Å². The summed E-state index contributed by atoms with van der Waals surface area (Å²) in [6, 6.07) is 7.35. The van der Waals surface area contributed by atoms with Crippen molar-refractivity contribution in [2.45, 2.75) is 33.1 Å². The van der Waals surface area contributed by atoms with Crippen LogP contribution in [-0.4, -0.2) is 54.1 Å². The molecule has 3 aromatic rings. The Morgan fingerprint density at radius 3 is 2.58 bits per heavy atom. The van der Waals surface area contributed by atoms with E-state index >= 15 is 0 Å². The molecule has 1 aromatic carbocycles. The van der Waals surface area contributed by atoms with Gasteiger partial charge in [-0.2, -0.15) is 0 Å². The smallest absolute Gasteiger partial charge is 0.253 e. The van der Waals surface area contributed by atoms with Gasteiger partial charge in [0.05, 0.1) is 12.5 Å². The molecular formula is C24H28N4O2S. The van der Waals surface area contributed by atoms with Crippen molar-refractivity contribution in [3.8, 4) is 5.75 Å². The fourth-order valence-corrected chi connectivity index (χ4v) is 6.12. The number of fused-ring (bicyclic) bond motifs is 3. The number of aromatic nitrogens is 2. The van der Waals surface area contributed by atoms with Crippen molar-refractivity contribution < 1.29 is 9.53 Å². The summed E-state index contributed by atoms with van der Waals surface area (Å²) in [7, 11) is 1.63. The Kier molecular flexibility index (Phi) is 5.30. The number of hydrogen-bond donors (Lipinski definition) is 0. The number of nitrogens with zero attached hydrogens (tertiary/aromatic N) is 4. The molecule has 162 valence electrons. The zero-order valence-corrected chi connectivity index (χ0v) is 19.2. The number of anilines is 1. The minimum atomic E-state index is 0.0771. The molecule has 6 nitrogen and oxygen atoms in total. The van der Waals surface area contributed by atoms with E-state index in [0.717, 1.165) is 54.1 Å². The molecule has 5 rings (SSSR count). The molecule has 0 N–H and O–H groups in total. The molecular weight excluding hydrogens is 408 g/mol. The number of carbonyl (C=O) groups is 1. The van der Waals surface area contributed by atoms with Gasteiger partial charge in [0.25, 0.3) is 5.91 Å². The fraction of sp³-hybridized carbons (Fsp3) is 0.458. The molecule has 1 amide bonds. The normalized spacial score (nSPS) is 18.9. The summed E-state index contributed by atoms with van der Waals surface area (Å²) in [4.78, 5) is 29.5. The summed E-state index contributed by atoms with van der Waals surface area (Å²) in [6.07, 6.45) is 3.50. The molecule has 2 aliphatic rings. The highest BCUT2D eigenvalue weighted by Gasteiger charge is 2.28. The van der Waals surface area contributed by atoms with Gasteiger partial charge in [-0.25, -0.2) is 9.97 Å².